The number of piperidine rings is 1. The Bertz CT molecular complexity index is 510. The molecule has 1 aromatic rings. The van der Waals surface area contributed by atoms with Gasteiger partial charge in [0.2, 0.25) is 5.91 Å². The number of ether oxygens (including phenoxy) is 1. The maximum Gasteiger partial charge on any atom is 0.251 e. The number of rotatable bonds is 6. The third-order valence-electron chi connectivity index (χ3n) is 4.36. The Hall–Kier alpha value is -1.88. The zero-order chi connectivity index (χ0) is 16.7. The lowest BCUT2D eigenvalue weighted by Gasteiger charge is -2.33. The standard InChI is InChI=1S/C18H26N2O3/c1-14(23-2)18(22)20-12-10-16(11-13-20)19-17(21)9-8-15-6-4-3-5-7-15/h3-7,14,16H,8-13H2,1-2H3,(H,19,21). The highest BCUT2D eigenvalue weighted by Crippen LogP contribution is 2.13. The molecule has 1 saturated heterocycles. The minimum atomic E-state index is -0.396. The van der Waals surface area contributed by atoms with Crippen molar-refractivity contribution < 1.29 is 14.3 Å². The molecular weight excluding hydrogens is 292 g/mol. The van der Waals surface area contributed by atoms with Crippen LogP contribution in [0.1, 0.15) is 31.7 Å². The largest absolute Gasteiger partial charge is 0.372 e. The molecule has 0 spiro atoms. The average Bonchev–Trinajstić information content (AvgIpc) is 2.60. The fourth-order valence-corrected chi connectivity index (χ4v) is 2.80. The van der Waals surface area contributed by atoms with Gasteiger partial charge in [-0.2, -0.15) is 0 Å². The molecule has 1 atom stereocenters. The van der Waals surface area contributed by atoms with Crippen LogP contribution in [0.2, 0.25) is 0 Å². The normalized spacial score (nSPS) is 16.9. The minimum absolute atomic E-state index is 0.0290. The van der Waals surface area contributed by atoms with E-state index in [0.717, 1.165) is 19.3 Å². The Morgan fingerprint density at radius 3 is 2.52 bits per heavy atom. The Kier molecular flexibility index (Phi) is 6.59. The van der Waals surface area contributed by atoms with Crippen LogP contribution in [0.3, 0.4) is 0 Å². The Morgan fingerprint density at radius 2 is 1.91 bits per heavy atom. The van der Waals surface area contributed by atoms with E-state index >= 15 is 0 Å². The molecule has 2 rings (SSSR count). The van der Waals surface area contributed by atoms with Crippen LogP contribution in [0.4, 0.5) is 0 Å². The smallest absolute Gasteiger partial charge is 0.251 e. The summed E-state index contributed by atoms with van der Waals surface area (Å²) in [5, 5.41) is 3.08. The molecule has 0 radical (unpaired) electrons. The average molecular weight is 318 g/mol. The second kappa shape index (κ2) is 8.67. The summed E-state index contributed by atoms with van der Waals surface area (Å²) in [5.74, 6) is 0.116. The fourth-order valence-electron chi connectivity index (χ4n) is 2.80. The maximum absolute atomic E-state index is 12.0. The summed E-state index contributed by atoms with van der Waals surface area (Å²) in [6, 6.07) is 10.2. The first-order valence-electron chi connectivity index (χ1n) is 8.25. The molecule has 5 nitrogen and oxygen atoms in total. The number of hydrogen-bond acceptors (Lipinski definition) is 3. The number of likely N-dealkylation sites (tertiary alicyclic amines) is 1. The molecular formula is C18H26N2O3. The van der Waals surface area contributed by atoms with Gasteiger partial charge in [-0.25, -0.2) is 0 Å². The first-order valence-corrected chi connectivity index (χ1v) is 8.25. The molecule has 0 saturated carbocycles. The van der Waals surface area contributed by atoms with Gasteiger partial charge in [0.25, 0.3) is 5.91 Å². The number of amides is 2. The first-order chi connectivity index (χ1) is 11.1. The van der Waals surface area contributed by atoms with E-state index in [1.54, 1.807) is 14.0 Å². The molecule has 0 aliphatic carbocycles. The lowest BCUT2D eigenvalue weighted by atomic mass is 10.0. The summed E-state index contributed by atoms with van der Waals surface area (Å²) in [7, 11) is 1.54. The quantitative estimate of drug-likeness (QED) is 0.869. The number of hydrogen-bond donors (Lipinski definition) is 1. The van der Waals surface area contributed by atoms with Gasteiger partial charge in [0, 0.05) is 32.7 Å². The van der Waals surface area contributed by atoms with Crippen LogP contribution in [-0.4, -0.2) is 49.1 Å². The van der Waals surface area contributed by atoms with E-state index in [4.69, 9.17) is 4.74 Å². The zero-order valence-corrected chi connectivity index (χ0v) is 14.0. The molecule has 126 valence electrons. The van der Waals surface area contributed by atoms with Crippen LogP contribution in [0, 0.1) is 0 Å². The van der Waals surface area contributed by atoms with Crippen molar-refractivity contribution in [1.82, 2.24) is 10.2 Å². The van der Waals surface area contributed by atoms with Crippen molar-refractivity contribution in [3.05, 3.63) is 35.9 Å². The molecule has 23 heavy (non-hydrogen) atoms. The molecule has 0 aromatic heterocycles. The van der Waals surface area contributed by atoms with Crippen molar-refractivity contribution in [1.29, 1.82) is 0 Å². The van der Waals surface area contributed by atoms with Crippen molar-refractivity contribution in [3.8, 4) is 0 Å². The third kappa shape index (κ3) is 5.36. The highest BCUT2D eigenvalue weighted by molar-refractivity contribution is 5.80. The molecule has 1 aliphatic rings. The Labute approximate surface area is 138 Å². The van der Waals surface area contributed by atoms with E-state index in [1.807, 2.05) is 35.2 Å². The van der Waals surface area contributed by atoms with Gasteiger partial charge in [0.15, 0.2) is 0 Å². The topological polar surface area (TPSA) is 58.6 Å². The second-order valence-electron chi connectivity index (χ2n) is 6.03. The van der Waals surface area contributed by atoms with Crippen molar-refractivity contribution in [2.24, 2.45) is 0 Å². The summed E-state index contributed by atoms with van der Waals surface area (Å²) in [4.78, 5) is 25.9. The van der Waals surface area contributed by atoms with E-state index in [-0.39, 0.29) is 17.9 Å². The molecule has 1 unspecified atom stereocenters. The highest BCUT2D eigenvalue weighted by atomic mass is 16.5. The predicted octanol–water partition coefficient (Wildman–Crippen LogP) is 1.76. The van der Waals surface area contributed by atoms with Gasteiger partial charge in [0.1, 0.15) is 6.10 Å². The molecule has 1 fully saturated rings. The van der Waals surface area contributed by atoms with E-state index in [0.29, 0.717) is 19.5 Å². The number of nitrogens with one attached hydrogen (secondary N) is 1. The third-order valence-corrected chi connectivity index (χ3v) is 4.36. The number of carbonyl (C=O) groups excluding carboxylic acids is 2. The second-order valence-corrected chi connectivity index (χ2v) is 6.03. The number of benzene rings is 1. The lowest BCUT2D eigenvalue weighted by Crippen LogP contribution is -2.49. The SMILES string of the molecule is COC(C)C(=O)N1CCC(NC(=O)CCc2ccccc2)CC1. The summed E-state index contributed by atoms with van der Waals surface area (Å²) in [6.07, 6.45) is 2.48. The van der Waals surface area contributed by atoms with E-state index in [9.17, 15) is 9.59 Å². The summed E-state index contributed by atoms with van der Waals surface area (Å²) >= 11 is 0. The number of carbonyl (C=O) groups is 2. The van der Waals surface area contributed by atoms with Crippen LogP contribution in [0.15, 0.2) is 30.3 Å². The first kappa shape index (κ1) is 17.5. The molecule has 2 amide bonds. The van der Waals surface area contributed by atoms with Crippen molar-refractivity contribution in [2.45, 2.75) is 44.8 Å². The summed E-state index contributed by atoms with van der Waals surface area (Å²) in [5.41, 5.74) is 1.18. The van der Waals surface area contributed by atoms with Gasteiger partial charge >= 0.3 is 0 Å². The number of nitrogens with zero attached hydrogens (tertiary/aromatic N) is 1. The number of aryl methyl sites for hydroxylation is 1. The van der Waals surface area contributed by atoms with E-state index in [1.165, 1.54) is 5.56 Å². The highest BCUT2D eigenvalue weighted by Gasteiger charge is 2.26. The Balaban J connectivity index is 1.69. The Morgan fingerprint density at radius 1 is 1.26 bits per heavy atom. The monoisotopic (exact) mass is 318 g/mol. The molecule has 1 aliphatic heterocycles. The van der Waals surface area contributed by atoms with Crippen LogP contribution in [0.5, 0.6) is 0 Å². The zero-order valence-electron chi connectivity index (χ0n) is 14.0. The molecule has 1 N–H and O–H groups in total. The van der Waals surface area contributed by atoms with Gasteiger partial charge < -0.3 is 15.0 Å². The van der Waals surface area contributed by atoms with Crippen LogP contribution < -0.4 is 5.32 Å². The van der Waals surface area contributed by atoms with Gasteiger partial charge in [-0.3, -0.25) is 9.59 Å². The number of methoxy groups -OCH3 is 1. The van der Waals surface area contributed by atoms with Crippen molar-refractivity contribution >= 4 is 11.8 Å². The van der Waals surface area contributed by atoms with Crippen LogP contribution in [-0.2, 0) is 20.7 Å². The predicted molar refractivity (Wildman–Crippen MR) is 89.0 cm³/mol. The van der Waals surface area contributed by atoms with Crippen molar-refractivity contribution in [2.75, 3.05) is 20.2 Å². The van der Waals surface area contributed by atoms with Gasteiger partial charge in [-0.05, 0) is 31.7 Å². The van der Waals surface area contributed by atoms with Gasteiger partial charge in [-0.15, -0.1) is 0 Å². The minimum Gasteiger partial charge on any atom is -0.372 e. The van der Waals surface area contributed by atoms with Crippen molar-refractivity contribution in [3.63, 3.8) is 0 Å². The van der Waals surface area contributed by atoms with Gasteiger partial charge in [-0.1, -0.05) is 30.3 Å². The summed E-state index contributed by atoms with van der Waals surface area (Å²) < 4.78 is 5.07. The lowest BCUT2D eigenvalue weighted by molar-refractivity contribution is -0.142. The molecule has 0 bridgehead atoms. The fraction of sp³-hybridized carbons (Fsp3) is 0.556. The molecule has 5 heteroatoms. The van der Waals surface area contributed by atoms with Crippen LogP contribution >= 0.6 is 0 Å². The molecule has 1 heterocycles. The molecule has 1 aromatic carbocycles. The van der Waals surface area contributed by atoms with E-state index < -0.39 is 6.10 Å². The maximum atomic E-state index is 12.0. The van der Waals surface area contributed by atoms with Gasteiger partial charge in [0.05, 0.1) is 0 Å². The van der Waals surface area contributed by atoms with Crippen LogP contribution in [0.25, 0.3) is 0 Å². The summed E-state index contributed by atoms with van der Waals surface area (Å²) in [6.45, 7) is 3.12. The van der Waals surface area contributed by atoms with E-state index in [2.05, 4.69) is 5.32 Å².